The number of amides is 1. The van der Waals surface area contributed by atoms with Crippen molar-refractivity contribution in [2.75, 3.05) is 5.32 Å². The highest BCUT2D eigenvalue weighted by Crippen LogP contribution is 2.53. The van der Waals surface area contributed by atoms with E-state index in [9.17, 15) is 20.0 Å². The quantitative estimate of drug-likeness (QED) is 0.663. The second kappa shape index (κ2) is 9.51. The second-order valence-electron chi connectivity index (χ2n) is 9.36. The summed E-state index contributed by atoms with van der Waals surface area (Å²) < 4.78 is 0. The summed E-state index contributed by atoms with van der Waals surface area (Å²) >= 11 is 1.55. The van der Waals surface area contributed by atoms with Crippen molar-refractivity contribution in [1.29, 1.82) is 5.26 Å². The molecule has 1 aromatic heterocycles. The summed E-state index contributed by atoms with van der Waals surface area (Å²) in [4.78, 5) is 26.2. The molecule has 0 aromatic carbocycles. The number of anilines is 1. The molecule has 0 saturated heterocycles. The fraction of sp³-hybridized carbons (Fsp3) is 0.708. The summed E-state index contributed by atoms with van der Waals surface area (Å²) in [7, 11) is 0. The Balaban J connectivity index is 1.55. The van der Waals surface area contributed by atoms with E-state index in [0.29, 0.717) is 10.6 Å². The zero-order valence-corrected chi connectivity index (χ0v) is 18.4. The number of carboxylic acid groups (broad SMARTS) is 1. The van der Waals surface area contributed by atoms with Crippen molar-refractivity contribution in [2.45, 2.75) is 83.5 Å². The molecule has 1 heterocycles. The van der Waals surface area contributed by atoms with Gasteiger partial charge in [-0.15, -0.1) is 11.3 Å². The lowest BCUT2D eigenvalue weighted by molar-refractivity contribution is -0.148. The van der Waals surface area contributed by atoms with Crippen LogP contribution >= 0.6 is 11.3 Å². The normalized spacial score (nSPS) is 29.3. The molecule has 0 spiro atoms. The van der Waals surface area contributed by atoms with Gasteiger partial charge in [0.05, 0.1) is 17.4 Å². The molecule has 0 aliphatic heterocycles. The number of hydrogen-bond acceptors (Lipinski definition) is 4. The summed E-state index contributed by atoms with van der Waals surface area (Å²) in [6, 6.07) is 2.36. The van der Waals surface area contributed by atoms with Crippen molar-refractivity contribution in [3.63, 3.8) is 0 Å². The number of nitrogens with zero attached hydrogens (tertiary/aromatic N) is 1. The minimum atomic E-state index is -0.846. The van der Waals surface area contributed by atoms with E-state index in [1.54, 1.807) is 11.3 Å². The van der Waals surface area contributed by atoms with Gasteiger partial charge in [-0.05, 0) is 62.3 Å². The van der Waals surface area contributed by atoms with Crippen molar-refractivity contribution < 1.29 is 14.7 Å². The van der Waals surface area contributed by atoms with Gasteiger partial charge < -0.3 is 10.4 Å². The Morgan fingerprint density at radius 2 is 1.53 bits per heavy atom. The summed E-state index contributed by atoms with van der Waals surface area (Å²) in [6.45, 7) is 0. The van der Waals surface area contributed by atoms with Crippen LogP contribution in [-0.2, 0) is 22.4 Å². The lowest BCUT2D eigenvalue weighted by atomic mass is 9.79. The minimum absolute atomic E-state index is 0.127. The molecule has 5 nitrogen and oxygen atoms in total. The van der Waals surface area contributed by atoms with Crippen molar-refractivity contribution in [3.8, 4) is 6.07 Å². The average Bonchev–Trinajstić information content (AvgIpc) is 3.41. The molecule has 0 radical (unpaired) electrons. The van der Waals surface area contributed by atoms with Gasteiger partial charge in [0.15, 0.2) is 0 Å². The lowest BCUT2D eigenvalue weighted by Crippen LogP contribution is -2.37. The van der Waals surface area contributed by atoms with E-state index in [4.69, 9.17) is 0 Å². The largest absolute Gasteiger partial charge is 0.481 e. The van der Waals surface area contributed by atoms with Gasteiger partial charge in [0.25, 0.3) is 0 Å². The first-order valence-electron chi connectivity index (χ1n) is 11.7. The predicted octanol–water partition coefficient (Wildman–Crippen LogP) is 5.52. The van der Waals surface area contributed by atoms with Crippen molar-refractivity contribution >= 4 is 28.2 Å². The maximum absolute atomic E-state index is 13.2. The van der Waals surface area contributed by atoms with Gasteiger partial charge in [-0.25, -0.2) is 0 Å². The van der Waals surface area contributed by atoms with Crippen molar-refractivity contribution in [3.05, 3.63) is 16.0 Å². The molecule has 6 heteroatoms. The highest BCUT2D eigenvalue weighted by Gasteiger charge is 2.54. The summed E-state index contributed by atoms with van der Waals surface area (Å²) in [5.74, 6) is -1.78. The number of fused-ring (bicyclic) bond motifs is 3. The monoisotopic (exact) mass is 428 g/mol. The Kier molecular flexibility index (Phi) is 6.77. The van der Waals surface area contributed by atoms with Crippen LogP contribution in [0.5, 0.6) is 0 Å². The van der Waals surface area contributed by atoms with Gasteiger partial charge in [-0.3, -0.25) is 9.59 Å². The molecular formula is C24H32N2O3S. The molecule has 4 rings (SSSR count). The minimum Gasteiger partial charge on any atom is -0.481 e. The first-order valence-corrected chi connectivity index (χ1v) is 12.5. The zero-order valence-electron chi connectivity index (χ0n) is 17.6. The number of thiophene rings is 1. The molecule has 1 aromatic rings. The van der Waals surface area contributed by atoms with Gasteiger partial charge in [0.1, 0.15) is 11.1 Å². The second-order valence-corrected chi connectivity index (χ2v) is 10.5. The number of aliphatic carboxylic acids is 1. The van der Waals surface area contributed by atoms with E-state index in [1.807, 2.05) is 0 Å². The average molecular weight is 429 g/mol. The highest BCUT2D eigenvalue weighted by molar-refractivity contribution is 7.16. The van der Waals surface area contributed by atoms with Crippen molar-refractivity contribution in [1.82, 2.24) is 0 Å². The molecular weight excluding hydrogens is 396 g/mol. The van der Waals surface area contributed by atoms with Crippen molar-refractivity contribution in [2.24, 2.45) is 23.7 Å². The van der Waals surface area contributed by atoms with Gasteiger partial charge in [0.2, 0.25) is 5.91 Å². The van der Waals surface area contributed by atoms with Gasteiger partial charge in [0, 0.05) is 4.88 Å². The van der Waals surface area contributed by atoms with Crippen LogP contribution in [0.15, 0.2) is 0 Å². The number of carbonyl (C=O) groups is 2. The molecule has 3 aliphatic carbocycles. The molecule has 1 amide bonds. The summed E-state index contributed by atoms with van der Waals surface area (Å²) in [5, 5.41) is 23.2. The lowest BCUT2D eigenvalue weighted by Gasteiger charge is -2.26. The van der Waals surface area contributed by atoms with Crippen LogP contribution in [0, 0.1) is 35.0 Å². The highest BCUT2D eigenvalue weighted by atomic mass is 32.1. The molecule has 162 valence electrons. The number of nitrogens with one attached hydrogen (secondary N) is 1. The number of aryl methyl sites for hydroxylation is 1. The van der Waals surface area contributed by atoms with Crippen LogP contribution in [0.25, 0.3) is 0 Å². The molecule has 2 saturated carbocycles. The fourth-order valence-corrected chi connectivity index (χ4v) is 7.29. The maximum atomic E-state index is 13.2. The first kappa shape index (κ1) is 21.4. The third kappa shape index (κ3) is 4.27. The third-order valence-corrected chi connectivity index (χ3v) is 8.73. The number of nitriles is 1. The zero-order chi connectivity index (χ0) is 21.1. The first-order chi connectivity index (χ1) is 14.6. The van der Waals surface area contributed by atoms with E-state index in [0.717, 1.165) is 50.5 Å². The van der Waals surface area contributed by atoms with Gasteiger partial charge >= 0.3 is 5.97 Å². The van der Waals surface area contributed by atoms with Crippen LogP contribution < -0.4 is 5.32 Å². The van der Waals surface area contributed by atoms with E-state index in [1.165, 1.54) is 43.4 Å². The molecule has 2 N–H and O–H groups in total. The molecule has 2 bridgehead atoms. The molecule has 4 unspecified atom stereocenters. The number of rotatable bonds is 3. The summed E-state index contributed by atoms with van der Waals surface area (Å²) in [6.07, 6.45) is 14.3. The number of carboxylic acids is 1. The maximum Gasteiger partial charge on any atom is 0.307 e. The standard InChI is InChI=1S/C24H32N2O3S/c25-14-18-17-9-7-5-3-1-2-4-6-8-10-19(17)30-23(18)26-22(27)20-15-11-12-16(13-15)21(20)24(28)29/h15-16,20-21H,1-13H2,(H,26,27)(H,28,29). The third-order valence-electron chi connectivity index (χ3n) is 7.52. The molecule has 30 heavy (non-hydrogen) atoms. The Morgan fingerprint density at radius 1 is 0.933 bits per heavy atom. The van der Waals surface area contributed by atoms with E-state index >= 15 is 0 Å². The van der Waals surface area contributed by atoms with Crippen LogP contribution in [-0.4, -0.2) is 17.0 Å². The van der Waals surface area contributed by atoms with Crippen LogP contribution in [0.4, 0.5) is 5.00 Å². The molecule has 3 aliphatic rings. The molecule has 4 atom stereocenters. The molecule has 2 fully saturated rings. The predicted molar refractivity (Wildman–Crippen MR) is 117 cm³/mol. The smallest absolute Gasteiger partial charge is 0.307 e. The fourth-order valence-electron chi connectivity index (χ4n) is 6.05. The van der Waals surface area contributed by atoms with E-state index < -0.39 is 17.8 Å². The van der Waals surface area contributed by atoms with E-state index in [2.05, 4.69) is 11.4 Å². The van der Waals surface area contributed by atoms with Gasteiger partial charge in [-0.1, -0.05) is 38.5 Å². The van der Waals surface area contributed by atoms with Gasteiger partial charge in [-0.2, -0.15) is 5.26 Å². The SMILES string of the molecule is N#Cc1c(NC(=O)C2C3CCC(C3)C2C(=O)O)sc2c1CCCCCCCCCC2. The number of carbonyl (C=O) groups excluding carboxylic acids is 1. The number of hydrogen-bond donors (Lipinski definition) is 2. The topological polar surface area (TPSA) is 90.2 Å². The Hall–Kier alpha value is -1.87. The van der Waals surface area contributed by atoms with Crippen LogP contribution in [0.3, 0.4) is 0 Å². The summed E-state index contributed by atoms with van der Waals surface area (Å²) in [5.41, 5.74) is 1.75. The Morgan fingerprint density at radius 3 is 2.17 bits per heavy atom. The Labute approximate surface area is 182 Å². The van der Waals surface area contributed by atoms with Crippen LogP contribution in [0.2, 0.25) is 0 Å². The van der Waals surface area contributed by atoms with Crippen LogP contribution in [0.1, 0.15) is 86.6 Å². The van der Waals surface area contributed by atoms with E-state index in [-0.39, 0.29) is 17.7 Å². The Bertz CT molecular complexity index is 840.